The first-order chi connectivity index (χ1) is 14.1. The van der Waals surface area contributed by atoms with Crippen LogP contribution in [0.2, 0.25) is 0 Å². The number of hydrogen-bond acceptors (Lipinski definition) is 6. The molecule has 1 unspecified atom stereocenters. The number of nitro groups is 1. The number of rotatable bonds is 10. The van der Waals surface area contributed by atoms with Crippen LogP contribution in [0.1, 0.15) is 30.9 Å². The number of nitro benzene ring substituents is 1. The Bertz CT molecular complexity index is 823. The zero-order chi connectivity index (χ0) is 20.6. The van der Waals surface area contributed by atoms with Gasteiger partial charge in [0.1, 0.15) is 6.61 Å². The van der Waals surface area contributed by atoms with Crippen molar-refractivity contribution in [2.24, 2.45) is 0 Å². The molecule has 0 saturated carbocycles. The quantitative estimate of drug-likeness (QED) is 0.408. The maximum Gasteiger partial charge on any atom is 0.269 e. The number of non-ortho nitro benzene ring substituents is 1. The lowest BCUT2D eigenvalue weighted by atomic mass is 10.2. The average Bonchev–Trinajstić information content (AvgIpc) is 3.23. The average molecular weight is 465 g/mol. The van der Waals surface area contributed by atoms with Crippen molar-refractivity contribution in [3.8, 4) is 11.5 Å². The van der Waals surface area contributed by atoms with E-state index in [9.17, 15) is 10.1 Å². The van der Waals surface area contributed by atoms with E-state index < -0.39 is 4.92 Å². The van der Waals surface area contributed by atoms with Crippen molar-refractivity contribution in [2.45, 2.75) is 39.0 Å². The number of benzene rings is 2. The van der Waals surface area contributed by atoms with E-state index >= 15 is 0 Å². The molecule has 0 aromatic heterocycles. The van der Waals surface area contributed by atoms with Gasteiger partial charge < -0.3 is 19.5 Å². The minimum atomic E-state index is -0.416. The van der Waals surface area contributed by atoms with Crippen molar-refractivity contribution in [1.29, 1.82) is 0 Å². The standard InChI is InChI=1S/C21H25BrN2O5/c1-2-27-20-10-16(12-23-13-18-4-3-9-28-18)19(22)11-21(20)29-14-15-5-7-17(8-6-15)24(25)26/h5-8,10-11,18,23H,2-4,9,12-14H2,1H3. The van der Waals surface area contributed by atoms with Gasteiger partial charge in [-0.2, -0.15) is 0 Å². The van der Waals surface area contributed by atoms with Crippen LogP contribution in [0.3, 0.4) is 0 Å². The minimum absolute atomic E-state index is 0.0614. The molecule has 0 spiro atoms. The van der Waals surface area contributed by atoms with Gasteiger partial charge in [0, 0.05) is 36.3 Å². The van der Waals surface area contributed by atoms with Gasteiger partial charge in [0.15, 0.2) is 11.5 Å². The smallest absolute Gasteiger partial charge is 0.269 e. The molecule has 1 atom stereocenters. The Morgan fingerprint density at radius 1 is 1.24 bits per heavy atom. The first-order valence-electron chi connectivity index (χ1n) is 9.70. The van der Waals surface area contributed by atoms with Crippen LogP contribution in [-0.2, 0) is 17.9 Å². The molecule has 2 aromatic rings. The molecular weight excluding hydrogens is 440 g/mol. The number of ether oxygens (including phenoxy) is 3. The van der Waals surface area contributed by atoms with E-state index in [2.05, 4.69) is 21.2 Å². The molecule has 29 heavy (non-hydrogen) atoms. The lowest BCUT2D eigenvalue weighted by molar-refractivity contribution is -0.384. The first kappa shape index (κ1) is 21.5. The van der Waals surface area contributed by atoms with Gasteiger partial charge in [-0.1, -0.05) is 15.9 Å². The highest BCUT2D eigenvalue weighted by atomic mass is 79.9. The first-order valence-corrected chi connectivity index (χ1v) is 10.5. The van der Waals surface area contributed by atoms with Gasteiger partial charge in [0.2, 0.25) is 0 Å². The van der Waals surface area contributed by atoms with Crippen LogP contribution in [0, 0.1) is 10.1 Å². The minimum Gasteiger partial charge on any atom is -0.490 e. The highest BCUT2D eigenvalue weighted by Gasteiger charge is 2.16. The predicted octanol–water partition coefficient (Wildman–Crippen LogP) is 4.60. The normalized spacial score (nSPS) is 16.0. The van der Waals surface area contributed by atoms with Gasteiger partial charge in [0.25, 0.3) is 5.69 Å². The lowest BCUT2D eigenvalue weighted by Gasteiger charge is -2.16. The fourth-order valence-electron chi connectivity index (χ4n) is 3.14. The summed E-state index contributed by atoms with van der Waals surface area (Å²) < 4.78 is 18.3. The Labute approximate surface area is 178 Å². The highest BCUT2D eigenvalue weighted by molar-refractivity contribution is 9.10. The molecule has 0 amide bonds. The van der Waals surface area contributed by atoms with Crippen molar-refractivity contribution < 1.29 is 19.1 Å². The molecule has 1 aliphatic heterocycles. The third-order valence-corrected chi connectivity index (χ3v) is 5.40. The van der Waals surface area contributed by atoms with E-state index in [1.807, 2.05) is 19.1 Å². The molecule has 7 nitrogen and oxygen atoms in total. The van der Waals surface area contributed by atoms with E-state index in [4.69, 9.17) is 14.2 Å². The molecule has 156 valence electrons. The van der Waals surface area contributed by atoms with Gasteiger partial charge in [-0.05, 0) is 55.2 Å². The summed E-state index contributed by atoms with van der Waals surface area (Å²) in [6, 6.07) is 10.2. The monoisotopic (exact) mass is 464 g/mol. The molecule has 1 fully saturated rings. The molecule has 1 heterocycles. The molecule has 1 aliphatic rings. The molecule has 1 N–H and O–H groups in total. The van der Waals surface area contributed by atoms with E-state index in [1.54, 1.807) is 12.1 Å². The van der Waals surface area contributed by atoms with E-state index in [0.29, 0.717) is 37.4 Å². The predicted molar refractivity (Wildman–Crippen MR) is 113 cm³/mol. The summed E-state index contributed by atoms with van der Waals surface area (Å²) in [6.45, 7) is 5.13. The molecular formula is C21H25BrN2O5. The number of nitrogens with zero attached hydrogens (tertiary/aromatic N) is 1. The number of nitrogens with one attached hydrogen (secondary N) is 1. The second-order valence-electron chi connectivity index (χ2n) is 6.80. The van der Waals surface area contributed by atoms with E-state index in [1.165, 1.54) is 12.1 Å². The molecule has 8 heteroatoms. The summed E-state index contributed by atoms with van der Waals surface area (Å²) >= 11 is 3.62. The summed E-state index contributed by atoms with van der Waals surface area (Å²) in [4.78, 5) is 10.4. The Morgan fingerprint density at radius 3 is 2.66 bits per heavy atom. The van der Waals surface area contributed by atoms with Crippen molar-refractivity contribution in [1.82, 2.24) is 5.32 Å². The third kappa shape index (κ3) is 6.16. The van der Waals surface area contributed by atoms with Crippen LogP contribution < -0.4 is 14.8 Å². The fraction of sp³-hybridized carbons (Fsp3) is 0.429. The molecule has 0 radical (unpaired) electrons. The maximum atomic E-state index is 10.8. The Morgan fingerprint density at radius 2 is 2.00 bits per heavy atom. The van der Waals surface area contributed by atoms with Crippen LogP contribution in [0.4, 0.5) is 5.69 Å². The summed E-state index contributed by atoms with van der Waals surface area (Å²) in [6.07, 6.45) is 2.53. The van der Waals surface area contributed by atoms with Gasteiger partial charge >= 0.3 is 0 Å². The van der Waals surface area contributed by atoms with Crippen LogP contribution in [-0.4, -0.2) is 30.8 Å². The van der Waals surface area contributed by atoms with Crippen molar-refractivity contribution in [2.75, 3.05) is 19.8 Å². The molecule has 1 saturated heterocycles. The second-order valence-corrected chi connectivity index (χ2v) is 7.66. The van der Waals surface area contributed by atoms with Crippen LogP contribution in [0.5, 0.6) is 11.5 Å². The van der Waals surface area contributed by atoms with Gasteiger partial charge in [-0.25, -0.2) is 0 Å². The Balaban J connectivity index is 1.63. The maximum absolute atomic E-state index is 10.8. The zero-order valence-corrected chi connectivity index (χ0v) is 17.9. The topological polar surface area (TPSA) is 82.9 Å². The number of halogens is 1. The molecule has 2 aromatic carbocycles. The van der Waals surface area contributed by atoms with Crippen LogP contribution >= 0.6 is 15.9 Å². The van der Waals surface area contributed by atoms with Gasteiger partial charge in [-0.15, -0.1) is 0 Å². The summed E-state index contributed by atoms with van der Waals surface area (Å²) in [5.41, 5.74) is 1.98. The molecule has 0 aliphatic carbocycles. The highest BCUT2D eigenvalue weighted by Crippen LogP contribution is 2.34. The van der Waals surface area contributed by atoms with Gasteiger partial charge in [-0.3, -0.25) is 10.1 Å². The lowest BCUT2D eigenvalue weighted by Crippen LogP contribution is -2.25. The fourth-order valence-corrected chi connectivity index (χ4v) is 3.60. The van der Waals surface area contributed by atoms with Crippen molar-refractivity contribution >= 4 is 21.6 Å². The van der Waals surface area contributed by atoms with Crippen LogP contribution in [0.25, 0.3) is 0 Å². The molecule has 0 bridgehead atoms. The third-order valence-electron chi connectivity index (χ3n) is 4.67. The summed E-state index contributed by atoms with van der Waals surface area (Å²) in [7, 11) is 0. The van der Waals surface area contributed by atoms with Crippen LogP contribution in [0.15, 0.2) is 40.9 Å². The SMILES string of the molecule is CCOc1cc(CNCC2CCCO2)c(Br)cc1OCc1ccc([N+](=O)[O-])cc1. The van der Waals surface area contributed by atoms with E-state index in [-0.39, 0.29) is 5.69 Å². The largest absolute Gasteiger partial charge is 0.490 e. The van der Waals surface area contributed by atoms with Crippen molar-refractivity contribution in [3.05, 3.63) is 62.1 Å². The summed E-state index contributed by atoms with van der Waals surface area (Å²) in [5, 5.41) is 14.2. The van der Waals surface area contributed by atoms with Gasteiger partial charge in [0.05, 0.1) is 17.6 Å². The number of hydrogen-bond donors (Lipinski definition) is 1. The molecule has 3 rings (SSSR count). The second kappa shape index (κ2) is 10.6. The summed E-state index contributed by atoms with van der Waals surface area (Å²) in [5.74, 6) is 1.30. The zero-order valence-electron chi connectivity index (χ0n) is 16.4. The van der Waals surface area contributed by atoms with E-state index in [0.717, 1.165) is 41.6 Å². The Kier molecular flexibility index (Phi) is 7.85. The van der Waals surface area contributed by atoms with Crippen molar-refractivity contribution in [3.63, 3.8) is 0 Å². The Hall–Kier alpha value is -2.16.